The van der Waals surface area contributed by atoms with E-state index in [0.29, 0.717) is 6.42 Å². The number of hydrogen-bond acceptors (Lipinski definition) is 3. The van der Waals surface area contributed by atoms with E-state index in [4.69, 9.17) is 0 Å². The Bertz CT molecular complexity index is 895. The second kappa shape index (κ2) is 7.30. The van der Waals surface area contributed by atoms with Gasteiger partial charge in [0.25, 0.3) is 0 Å². The number of nitrogens with zero attached hydrogens (tertiary/aromatic N) is 3. The number of aryl methyl sites for hydroxylation is 1. The van der Waals surface area contributed by atoms with Crippen molar-refractivity contribution in [3.63, 3.8) is 0 Å². The standard InChI is InChI=1S/C21H24N4O/c1-16-19(18-6-2-3-7-20(18)23-16)13-21(26)25-11-9-24(10-12-25)15-17-5-4-8-22-14-17/h2-8,14,23H,9-13,15H2,1H3. The first-order valence-electron chi connectivity index (χ1n) is 9.16. The van der Waals surface area contributed by atoms with Crippen molar-refractivity contribution in [2.24, 2.45) is 0 Å². The van der Waals surface area contributed by atoms with Gasteiger partial charge >= 0.3 is 0 Å². The molecule has 5 heteroatoms. The van der Waals surface area contributed by atoms with Gasteiger partial charge in [0.1, 0.15) is 0 Å². The maximum atomic E-state index is 12.8. The summed E-state index contributed by atoms with van der Waals surface area (Å²) in [6.07, 6.45) is 4.18. The molecule has 1 saturated heterocycles. The van der Waals surface area contributed by atoms with Gasteiger partial charge in [-0.2, -0.15) is 0 Å². The van der Waals surface area contributed by atoms with Crippen LogP contribution in [0.2, 0.25) is 0 Å². The first-order chi connectivity index (χ1) is 12.7. The largest absolute Gasteiger partial charge is 0.358 e. The van der Waals surface area contributed by atoms with Crippen LogP contribution in [0.1, 0.15) is 16.8 Å². The molecule has 4 rings (SSSR count). The van der Waals surface area contributed by atoms with E-state index in [2.05, 4.69) is 40.0 Å². The number of nitrogens with one attached hydrogen (secondary N) is 1. The molecule has 1 aromatic carbocycles. The van der Waals surface area contributed by atoms with Crippen LogP contribution < -0.4 is 0 Å². The lowest BCUT2D eigenvalue weighted by atomic mass is 10.1. The summed E-state index contributed by atoms with van der Waals surface area (Å²) < 4.78 is 0. The third-order valence-electron chi connectivity index (χ3n) is 5.21. The zero-order valence-electron chi connectivity index (χ0n) is 15.1. The van der Waals surface area contributed by atoms with Gasteiger partial charge < -0.3 is 9.88 Å². The molecule has 0 aliphatic carbocycles. The van der Waals surface area contributed by atoms with Crippen LogP contribution in [-0.4, -0.2) is 51.9 Å². The summed E-state index contributed by atoms with van der Waals surface area (Å²) in [5.74, 6) is 0.221. The van der Waals surface area contributed by atoms with Crippen LogP contribution in [0.5, 0.6) is 0 Å². The van der Waals surface area contributed by atoms with E-state index in [9.17, 15) is 4.79 Å². The normalized spacial score (nSPS) is 15.5. The minimum Gasteiger partial charge on any atom is -0.358 e. The van der Waals surface area contributed by atoms with Crippen LogP contribution in [0.15, 0.2) is 48.8 Å². The number of para-hydroxylation sites is 1. The van der Waals surface area contributed by atoms with Crippen molar-refractivity contribution in [3.05, 3.63) is 65.6 Å². The molecule has 1 N–H and O–H groups in total. The SMILES string of the molecule is Cc1[nH]c2ccccc2c1CC(=O)N1CCN(Cc2cccnc2)CC1. The molecular weight excluding hydrogens is 324 g/mol. The first kappa shape index (κ1) is 16.8. The summed E-state index contributed by atoms with van der Waals surface area (Å²) in [5.41, 5.74) is 4.55. The van der Waals surface area contributed by atoms with Crippen LogP contribution in [-0.2, 0) is 17.8 Å². The lowest BCUT2D eigenvalue weighted by Gasteiger charge is -2.34. The number of aromatic nitrogens is 2. The van der Waals surface area contributed by atoms with Gasteiger partial charge in [-0.15, -0.1) is 0 Å². The fourth-order valence-electron chi connectivity index (χ4n) is 3.73. The van der Waals surface area contributed by atoms with Crippen LogP contribution in [0.3, 0.4) is 0 Å². The maximum Gasteiger partial charge on any atom is 0.227 e. The fourth-order valence-corrected chi connectivity index (χ4v) is 3.73. The number of carbonyl (C=O) groups is 1. The number of amides is 1. The average molecular weight is 348 g/mol. The molecule has 26 heavy (non-hydrogen) atoms. The molecule has 0 radical (unpaired) electrons. The molecule has 5 nitrogen and oxygen atoms in total. The van der Waals surface area contributed by atoms with Crippen molar-refractivity contribution in [2.75, 3.05) is 26.2 Å². The first-order valence-corrected chi connectivity index (χ1v) is 9.16. The van der Waals surface area contributed by atoms with Crippen LogP contribution in [0, 0.1) is 6.92 Å². The highest BCUT2D eigenvalue weighted by Crippen LogP contribution is 2.23. The summed E-state index contributed by atoms with van der Waals surface area (Å²) in [5, 5.41) is 1.16. The van der Waals surface area contributed by atoms with Crippen molar-refractivity contribution in [3.8, 4) is 0 Å². The minimum absolute atomic E-state index is 0.221. The molecule has 0 atom stereocenters. The maximum absolute atomic E-state index is 12.8. The Morgan fingerprint density at radius 2 is 1.92 bits per heavy atom. The lowest BCUT2D eigenvalue weighted by molar-refractivity contribution is -0.132. The number of rotatable bonds is 4. The highest BCUT2D eigenvalue weighted by Gasteiger charge is 2.22. The number of carbonyl (C=O) groups excluding carboxylic acids is 1. The van der Waals surface area contributed by atoms with Crippen molar-refractivity contribution >= 4 is 16.8 Å². The van der Waals surface area contributed by atoms with Crippen molar-refractivity contribution in [1.82, 2.24) is 19.8 Å². The molecule has 2 aromatic heterocycles. The molecule has 0 bridgehead atoms. The summed E-state index contributed by atoms with van der Waals surface area (Å²) in [6, 6.07) is 12.3. The Morgan fingerprint density at radius 3 is 2.69 bits per heavy atom. The van der Waals surface area contributed by atoms with Gasteiger partial charge in [0, 0.05) is 61.7 Å². The summed E-state index contributed by atoms with van der Waals surface area (Å²) in [6.45, 7) is 6.36. The van der Waals surface area contributed by atoms with E-state index >= 15 is 0 Å². The van der Waals surface area contributed by atoms with E-state index in [1.807, 2.05) is 29.3 Å². The molecule has 1 aliphatic rings. The molecule has 1 amide bonds. The van der Waals surface area contributed by atoms with Gasteiger partial charge in [-0.05, 0) is 30.2 Å². The molecule has 1 aliphatic heterocycles. The molecule has 3 heterocycles. The number of pyridine rings is 1. The Hall–Kier alpha value is -2.66. The molecule has 3 aromatic rings. The van der Waals surface area contributed by atoms with Crippen molar-refractivity contribution in [2.45, 2.75) is 19.9 Å². The van der Waals surface area contributed by atoms with E-state index in [-0.39, 0.29) is 5.91 Å². The van der Waals surface area contributed by atoms with Gasteiger partial charge in [-0.1, -0.05) is 24.3 Å². The number of H-pyrrole nitrogens is 1. The number of fused-ring (bicyclic) bond motifs is 1. The molecule has 134 valence electrons. The predicted molar refractivity (Wildman–Crippen MR) is 103 cm³/mol. The predicted octanol–water partition coefficient (Wildman–Crippen LogP) is 2.76. The number of hydrogen-bond donors (Lipinski definition) is 1. The van der Waals surface area contributed by atoms with Gasteiger partial charge in [0.15, 0.2) is 0 Å². The highest BCUT2D eigenvalue weighted by atomic mass is 16.2. The molecular formula is C21H24N4O. The summed E-state index contributed by atoms with van der Waals surface area (Å²) in [7, 11) is 0. The number of benzene rings is 1. The lowest BCUT2D eigenvalue weighted by Crippen LogP contribution is -2.48. The summed E-state index contributed by atoms with van der Waals surface area (Å²) >= 11 is 0. The monoisotopic (exact) mass is 348 g/mol. The van der Waals surface area contributed by atoms with Gasteiger partial charge in [-0.25, -0.2) is 0 Å². The van der Waals surface area contributed by atoms with Gasteiger partial charge in [0.05, 0.1) is 6.42 Å². The third kappa shape index (κ3) is 3.48. The van der Waals surface area contributed by atoms with E-state index in [1.165, 1.54) is 5.56 Å². The quantitative estimate of drug-likeness (QED) is 0.789. The highest BCUT2D eigenvalue weighted by molar-refractivity contribution is 5.90. The smallest absolute Gasteiger partial charge is 0.227 e. The van der Waals surface area contributed by atoms with E-state index < -0.39 is 0 Å². The van der Waals surface area contributed by atoms with Crippen molar-refractivity contribution in [1.29, 1.82) is 0 Å². The Kier molecular flexibility index (Phi) is 4.71. The Balaban J connectivity index is 1.37. The van der Waals surface area contributed by atoms with E-state index in [0.717, 1.165) is 54.9 Å². The number of aromatic amines is 1. The number of piperazine rings is 1. The Labute approximate surface area is 153 Å². The fraction of sp³-hybridized carbons (Fsp3) is 0.333. The zero-order valence-corrected chi connectivity index (χ0v) is 15.1. The van der Waals surface area contributed by atoms with Gasteiger partial charge in [0.2, 0.25) is 5.91 Å². The molecule has 0 saturated carbocycles. The molecule has 1 fully saturated rings. The second-order valence-electron chi connectivity index (χ2n) is 6.97. The average Bonchev–Trinajstić information content (AvgIpc) is 2.98. The molecule has 0 unspecified atom stereocenters. The molecule has 0 spiro atoms. The van der Waals surface area contributed by atoms with E-state index in [1.54, 1.807) is 6.20 Å². The topological polar surface area (TPSA) is 52.2 Å². The Morgan fingerprint density at radius 1 is 1.12 bits per heavy atom. The summed E-state index contributed by atoms with van der Waals surface area (Å²) in [4.78, 5) is 24.8. The van der Waals surface area contributed by atoms with Crippen LogP contribution in [0.25, 0.3) is 10.9 Å². The zero-order chi connectivity index (χ0) is 17.9. The third-order valence-corrected chi connectivity index (χ3v) is 5.21. The van der Waals surface area contributed by atoms with Crippen molar-refractivity contribution < 1.29 is 4.79 Å². The second-order valence-corrected chi connectivity index (χ2v) is 6.97. The van der Waals surface area contributed by atoms with Gasteiger partial charge in [-0.3, -0.25) is 14.7 Å². The van der Waals surface area contributed by atoms with Crippen LogP contribution >= 0.6 is 0 Å². The minimum atomic E-state index is 0.221. The van der Waals surface area contributed by atoms with Crippen LogP contribution in [0.4, 0.5) is 0 Å².